The lowest BCUT2D eigenvalue weighted by Gasteiger charge is -2.17. The molecule has 0 saturated carbocycles. The molecule has 0 radical (unpaired) electrons. The van der Waals surface area contributed by atoms with Crippen LogP contribution in [-0.2, 0) is 20.7 Å². The zero-order chi connectivity index (χ0) is 23.1. The summed E-state index contributed by atoms with van der Waals surface area (Å²) in [5.74, 6) is -2.98. The second kappa shape index (κ2) is 11.0. The predicted octanol–water partition coefficient (Wildman–Crippen LogP) is 3.08. The van der Waals surface area contributed by atoms with Crippen molar-refractivity contribution in [1.29, 1.82) is 0 Å². The van der Waals surface area contributed by atoms with Gasteiger partial charge in [0.2, 0.25) is 5.91 Å². The lowest BCUT2D eigenvalue weighted by Crippen LogP contribution is -2.43. The summed E-state index contributed by atoms with van der Waals surface area (Å²) in [6.07, 6.45) is 0.215. The van der Waals surface area contributed by atoms with E-state index in [1.54, 1.807) is 37.4 Å². The molecule has 0 aliphatic carbocycles. The Kier molecular flexibility index (Phi) is 8.67. The van der Waals surface area contributed by atoms with Gasteiger partial charge in [0.25, 0.3) is 5.91 Å². The minimum atomic E-state index is -1.50. The molecule has 31 heavy (non-hydrogen) atoms. The highest BCUT2D eigenvalue weighted by molar-refractivity contribution is 6.39. The number of methoxy groups -OCH3 is 1. The van der Waals surface area contributed by atoms with Crippen LogP contribution in [0, 0.1) is 0 Å². The Bertz CT molecular complexity index is 959. The molecule has 5 N–H and O–H groups in total. The Labute approximate surface area is 188 Å². The minimum Gasteiger partial charge on any atom is -0.508 e. The van der Waals surface area contributed by atoms with E-state index in [2.05, 4.69) is 5.32 Å². The zero-order valence-corrected chi connectivity index (χ0v) is 18.1. The Morgan fingerprint density at radius 3 is 2.32 bits per heavy atom. The molecule has 0 heterocycles. The van der Waals surface area contributed by atoms with Crippen LogP contribution in [0.1, 0.15) is 40.4 Å². The number of ether oxygens (including phenoxy) is 1. The van der Waals surface area contributed by atoms with Crippen LogP contribution in [0.3, 0.4) is 0 Å². The van der Waals surface area contributed by atoms with Crippen molar-refractivity contribution in [2.75, 3.05) is 7.11 Å². The normalized spacial score (nSPS) is 12.7. The fraction of sp³-hybridized carbons (Fsp3) is 0.286. The fourth-order valence-corrected chi connectivity index (χ4v) is 3.77. The average Bonchev–Trinajstić information content (AvgIpc) is 2.67. The largest absolute Gasteiger partial charge is 0.508 e. The number of phenolic OH excluding ortho intramolecular Hbond substituents is 1. The van der Waals surface area contributed by atoms with E-state index in [4.69, 9.17) is 38.8 Å². The number of hydrogen-bond acceptors (Lipinski definition) is 5. The summed E-state index contributed by atoms with van der Waals surface area (Å²) in [5, 5.41) is 21.1. The first-order valence-electron chi connectivity index (χ1n) is 9.24. The summed E-state index contributed by atoms with van der Waals surface area (Å²) < 4.78 is 5.50. The molecular formula is C21H22Cl2N2O6. The molecule has 0 saturated heterocycles. The third-order valence-electron chi connectivity index (χ3n) is 4.56. The maximum absolute atomic E-state index is 12.5. The van der Waals surface area contributed by atoms with E-state index >= 15 is 0 Å². The first kappa shape index (κ1) is 24.5. The molecule has 8 nitrogen and oxygen atoms in total. The number of carboxylic acid groups (broad SMARTS) is 1. The summed E-state index contributed by atoms with van der Waals surface area (Å²) in [7, 11) is 1.56. The molecule has 1 unspecified atom stereocenters. The predicted molar refractivity (Wildman–Crippen MR) is 115 cm³/mol. The quantitative estimate of drug-likeness (QED) is 0.422. The highest BCUT2D eigenvalue weighted by Gasteiger charge is 2.25. The van der Waals surface area contributed by atoms with Gasteiger partial charge >= 0.3 is 5.97 Å². The molecule has 166 valence electrons. The maximum Gasteiger partial charge on any atom is 0.326 e. The highest BCUT2D eigenvalue weighted by Crippen LogP contribution is 2.30. The van der Waals surface area contributed by atoms with Gasteiger partial charge in [-0.25, -0.2) is 4.79 Å². The number of hydrogen-bond donors (Lipinski definition) is 4. The maximum atomic E-state index is 12.5. The van der Waals surface area contributed by atoms with E-state index in [0.717, 1.165) is 11.1 Å². The standard InChI is InChI=1S/C21H22Cl2N2O6/c1-31-17(12-3-2-4-13(26)9-12)6-5-11-7-14(22)19(15(23)8-11)20(28)25-16(21(29)30)10-18(24)27/h2-4,7-9,16-17,26H,5-6,10H2,1H3,(H2,24,27)(H,25,28)(H,29,30)/t16-,17?/m0/s1. The van der Waals surface area contributed by atoms with E-state index in [9.17, 15) is 19.5 Å². The Hall–Kier alpha value is -2.81. The number of halogens is 2. The van der Waals surface area contributed by atoms with E-state index in [-0.39, 0.29) is 27.5 Å². The summed E-state index contributed by atoms with van der Waals surface area (Å²) in [4.78, 5) is 34.7. The first-order valence-corrected chi connectivity index (χ1v) is 9.99. The van der Waals surface area contributed by atoms with Gasteiger partial charge in [0.05, 0.1) is 28.1 Å². The number of aryl methyl sites for hydroxylation is 1. The lowest BCUT2D eigenvalue weighted by molar-refractivity contribution is -0.140. The SMILES string of the molecule is COC(CCc1cc(Cl)c(C(=O)N[C@@H](CC(N)=O)C(=O)O)c(Cl)c1)c1cccc(O)c1. The number of carbonyl (C=O) groups is 3. The molecule has 0 fully saturated rings. The van der Waals surface area contributed by atoms with Crippen LogP contribution in [0.5, 0.6) is 5.75 Å². The van der Waals surface area contributed by atoms with Crippen LogP contribution in [0.15, 0.2) is 36.4 Å². The minimum absolute atomic E-state index is 0.0366. The van der Waals surface area contributed by atoms with Gasteiger partial charge in [-0.1, -0.05) is 35.3 Å². The van der Waals surface area contributed by atoms with E-state index < -0.39 is 30.2 Å². The monoisotopic (exact) mass is 468 g/mol. The van der Waals surface area contributed by atoms with Gasteiger partial charge in [-0.05, 0) is 48.2 Å². The Balaban J connectivity index is 2.14. The molecule has 2 atom stereocenters. The van der Waals surface area contributed by atoms with Crippen LogP contribution < -0.4 is 11.1 Å². The van der Waals surface area contributed by atoms with Gasteiger partial charge in [-0.3, -0.25) is 9.59 Å². The number of benzene rings is 2. The van der Waals surface area contributed by atoms with Crippen molar-refractivity contribution in [3.63, 3.8) is 0 Å². The van der Waals surface area contributed by atoms with Gasteiger partial charge in [-0.2, -0.15) is 0 Å². The van der Waals surface area contributed by atoms with Crippen LogP contribution >= 0.6 is 23.2 Å². The summed E-state index contributed by atoms with van der Waals surface area (Å²) in [6, 6.07) is 8.36. The van der Waals surface area contributed by atoms with Crippen LogP contribution in [0.25, 0.3) is 0 Å². The fourth-order valence-electron chi connectivity index (χ4n) is 3.06. The van der Waals surface area contributed by atoms with Crippen molar-refractivity contribution in [2.24, 2.45) is 5.73 Å². The number of nitrogens with one attached hydrogen (secondary N) is 1. The number of phenols is 1. The summed E-state index contributed by atoms with van der Waals surface area (Å²) in [5.41, 5.74) is 6.46. The summed E-state index contributed by atoms with van der Waals surface area (Å²) in [6.45, 7) is 0. The molecule has 0 bridgehead atoms. The number of aromatic hydroxyl groups is 1. The van der Waals surface area contributed by atoms with Gasteiger partial charge in [0.1, 0.15) is 11.8 Å². The number of nitrogens with two attached hydrogens (primary N) is 1. The molecule has 2 aromatic carbocycles. The Morgan fingerprint density at radius 2 is 1.81 bits per heavy atom. The molecule has 10 heteroatoms. The van der Waals surface area contributed by atoms with E-state index in [0.29, 0.717) is 12.8 Å². The summed E-state index contributed by atoms with van der Waals surface area (Å²) >= 11 is 12.5. The van der Waals surface area contributed by atoms with Crippen molar-refractivity contribution in [3.05, 3.63) is 63.1 Å². The van der Waals surface area contributed by atoms with E-state index in [1.165, 1.54) is 0 Å². The number of carbonyl (C=O) groups excluding carboxylic acids is 2. The molecule has 2 rings (SSSR count). The molecule has 0 spiro atoms. The number of carboxylic acids is 1. The van der Waals surface area contributed by atoms with E-state index in [1.807, 2.05) is 6.07 Å². The molecule has 2 aromatic rings. The molecular weight excluding hydrogens is 447 g/mol. The van der Waals surface area contributed by atoms with Crippen molar-refractivity contribution in [1.82, 2.24) is 5.32 Å². The lowest BCUT2D eigenvalue weighted by atomic mass is 10.00. The third-order valence-corrected chi connectivity index (χ3v) is 5.16. The topological polar surface area (TPSA) is 139 Å². The van der Waals surface area contributed by atoms with Crippen molar-refractivity contribution in [2.45, 2.75) is 31.4 Å². The van der Waals surface area contributed by atoms with Gasteiger partial charge in [-0.15, -0.1) is 0 Å². The average molecular weight is 469 g/mol. The number of amides is 2. The molecule has 2 amide bonds. The first-order chi connectivity index (χ1) is 14.6. The smallest absolute Gasteiger partial charge is 0.326 e. The number of rotatable bonds is 10. The molecule has 0 aliphatic heterocycles. The molecule has 0 aliphatic rings. The second-order valence-corrected chi connectivity index (χ2v) is 7.64. The van der Waals surface area contributed by atoms with Crippen molar-refractivity contribution >= 4 is 41.0 Å². The third kappa shape index (κ3) is 6.85. The van der Waals surface area contributed by atoms with Gasteiger partial charge in [0, 0.05) is 7.11 Å². The molecule has 0 aromatic heterocycles. The second-order valence-electron chi connectivity index (χ2n) is 6.83. The van der Waals surface area contributed by atoms with Gasteiger partial charge < -0.3 is 26.0 Å². The number of aliphatic carboxylic acids is 1. The zero-order valence-electron chi connectivity index (χ0n) is 16.6. The Morgan fingerprint density at radius 1 is 1.16 bits per heavy atom. The van der Waals surface area contributed by atoms with Crippen LogP contribution in [0.4, 0.5) is 0 Å². The highest BCUT2D eigenvalue weighted by atomic mass is 35.5. The van der Waals surface area contributed by atoms with Crippen LogP contribution in [0.2, 0.25) is 10.0 Å². The van der Waals surface area contributed by atoms with Crippen LogP contribution in [-0.4, -0.2) is 41.1 Å². The van der Waals surface area contributed by atoms with Crippen molar-refractivity contribution in [3.8, 4) is 5.75 Å². The van der Waals surface area contributed by atoms with Gasteiger partial charge in [0.15, 0.2) is 0 Å². The van der Waals surface area contributed by atoms with Crippen molar-refractivity contribution < 1.29 is 29.3 Å². The number of primary amides is 1.